The molecule has 0 spiro atoms. The van der Waals surface area contributed by atoms with Crippen LogP contribution in [0.5, 0.6) is 5.75 Å². The largest absolute Gasteiger partial charge is 0.488 e. The van der Waals surface area contributed by atoms with Gasteiger partial charge in [-0.2, -0.15) is 0 Å². The number of ether oxygens (including phenoxy) is 1. The monoisotopic (exact) mass is 338 g/mol. The van der Waals surface area contributed by atoms with Gasteiger partial charge in [-0.1, -0.05) is 45.8 Å². The zero-order chi connectivity index (χ0) is 13.8. The van der Waals surface area contributed by atoms with Gasteiger partial charge in [0.15, 0.2) is 0 Å². The van der Waals surface area contributed by atoms with Crippen molar-refractivity contribution in [3.8, 4) is 5.75 Å². The molecule has 0 aliphatic heterocycles. The first kappa shape index (κ1) is 14.4. The molecule has 0 N–H and O–H groups in total. The van der Waals surface area contributed by atoms with Gasteiger partial charge >= 0.3 is 0 Å². The van der Waals surface area contributed by atoms with Crippen LogP contribution in [0, 0.1) is 13.8 Å². The molecule has 3 heteroatoms. The fourth-order valence-corrected chi connectivity index (χ4v) is 2.88. The minimum atomic E-state index is 0.448. The summed E-state index contributed by atoms with van der Waals surface area (Å²) in [5, 5.41) is 0. The molecule has 2 aromatic carbocycles. The third-order valence-corrected chi connectivity index (χ3v) is 3.67. The highest BCUT2D eigenvalue weighted by molar-refractivity contribution is 9.10. The number of rotatable bonds is 4. The summed E-state index contributed by atoms with van der Waals surface area (Å²) < 4.78 is 6.98. The van der Waals surface area contributed by atoms with Gasteiger partial charge in [-0.05, 0) is 37.1 Å². The summed E-state index contributed by atoms with van der Waals surface area (Å²) in [6.45, 7) is 4.68. The fraction of sp³-hybridized carbons (Fsp3) is 0.250. The Bertz CT molecular complexity index is 581. The predicted molar refractivity (Wildman–Crippen MR) is 83.9 cm³/mol. The molecule has 1 nitrogen and oxygen atoms in total. The molecule has 0 aliphatic rings. The van der Waals surface area contributed by atoms with Crippen molar-refractivity contribution in [2.75, 3.05) is 0 Å². The van der Waals surface area contributed by atoms with Crippen molar-refractivity contribution in [2.45, 2.75) is 26.3 Å². The third kappa shape index (κ3) is 3.74. The SMILES string of the molecule is Cc1cccc(COc2c(C)cc(Br)cc2CCl)c1. The Kier molecular flexibility index (Phi) is 4.89. The summed E-state index contributed by atoms with van der Waals surface area (Å²) in [4.78, 5) is 0. The Hall–Kier alpha value is -0.990. The summed E-state index contributed by atoms with van der Waals surface area (Å²) in [5.41, 5.74) is 4.52. The van der Waals surface area contributed by atoms with Crippen molar-refractivity contribution in [3.05, 3.63) is 63.1 Å². The lowest BCUT2D eigenvalue weighted by atomic mass is 10.1. The van der Waals surface area contributed by atoms with Gasteiger partial charge in [0.25, 0.3) is 0 Å². The summed E-state index contributed by atoms with van der Waals surface area (Å²) in [6.07, 6.45) is 0. The minimum Gasteiger partial charge on any atom is -0.488 e. The number of alkyl halides is 1. The molecule has 2 rings (SSSR count). The first-order valence-corrected chi connectivity index (χ1v) is 7.46. The van der Waals surface area contributed by atoms with Gasteiger partial charge in [0.05, 0.1) is 5.88 Å². The topological polar surface area (TPSA) is 9.23 Å². The lowest BCUT2D eigenvalue weighted by molar-refractivity contribution is 0.301. The number of benzene rings is 2. The maximum atomic E-state index is 5.98. The highest BCUT2D eigenvalue weighted by Gasteiger charge is 2.08. The molecule has 0 saturated carbocycles. The normalized spacial score (nSPS) is 10.5. The maximum Gasteiger partial charge on any atom is 0.127 e. The molecule has 0 heterocycles. The number of hydrogen-bond donors (Lipinski definition) is 0. The van der Waals surface area contributed by atoms with E-state index in [0.717, 1.165) is 21.3 Å². The van der Waals surface area contributed by atoms with E-state index in [1.165, 1.54) is 11.1 Å². The van der Waals surface area contributed by atoms with E-state index in [9.17, 15) is 0 Å². The zero-order valence-electron chi connectivity index (χ0n) is 11.0. The van der Waals surface area contributed by atoms with Gasteiger partial charge in [0.2, 0.25) is 0 Å². The standard InChI is InChI=1S/C16H16BrClO/c1-11-4-3-5-13(6-11)10-19-16-12(2)7-15(17)8-14(16)9-18/h3-8H,9-10H2,1-2H3. The van der Waals surface area contributed by atoms with Crippen LogP contribution in [0.15, 0.2) is 40.9 Å². The van der Waals surface area contributed by atoms with Crippen molar-refractivity contribution in [2.24, 2.45) is 0 Å². The van der Waals surface area contributed by atoms with Crippen molar-refractivity contribution in [1.29, 1.82) is 0 Å². The quantitative estimate of drug-likeness (QED) is 0.679. The predicted octanol–water partition coefficient (Wildman–Crippen LogP) is 5.38. The van der Waals surface area contributed by atoms with Crippen molar-refractivity contribution in [1.82, 2.24) is 0 Å². The van der Waals surface area contributed by atoms with E-state index in [2.05, 4.69) is 41.1 Å². The lowest BCUT2D eigenvalue weighted by Gasteiger charge is -2.14. The highest BCUT2D eigenvalue weighted by atomic mass is 79.9. The van der Waals surface area contributed by atoms with Gasteiger partial charge in [0, 0.05) is 10.0 Å². The van der Waals surface area contributed by atoms with Crippen LogP contribution in [0.3, 0.4) is 0 Å². The Balaban J connectivity index is 2.19. The van der Waals surface area contributed by atoms with Crippen LogP contribution in [0.1, 0.15) is 22.3 Å². The highest BCUT2D eigenvalue weighted by Crippen LogP contribution is 2.30. The Morgan fingerprint density at radius 1 is 1.16 bits per heavy atom. The molecular formula is C16H16BrClO. The van der Waals surface area contributed by atoms with Crippen LogP contribution < -0.4 is 4.74 Å². The van der Waals surface area contributed by atoms with Crippen molar-refractivity contribution < 1.29 is 4.74 Å². The number of aryl methyl sites for hydroxylation is 2. The van der Waals surface area contributed by atoms with Crippen LogP contribution in [0.2, 0.25) is 0 Å². The second-order valence-electron chi connectivity index (χ2n) is 4.62. The molecule has 0 unspecified atom stereocenters. The van der Waals surface area contributed by atoms with Crippen LogP contribution in [0.4, 0.5) is 0 Å². The molecular weight excluding hydrogens is 324 g/mol. The van der Waals surface area contributed by atoms with Crippen LogP contribution in [-0.2, 0) is 12.5 Å². The van der Waals surface area contributed by atoms with Crippen molar-refractivity contribution >= 4 is 27.5 Å². The third-order valence-electron chi connectivity index (χ3n) is 2.93. The molecule has 0 aliphatic carbocycles. The molecule has 0 bridgehead atoms. The van der Waals surface area contributed by atoms with Gasteiger partial charge in [-0.15, -0.1) is 11.6 Å². The Morgan fingerprint density at radius 2 is 1.95 bits per heavy atom. The average Bonchev–Trinajstić information content (AvgIpc) is 2.37. The average molecular weight is 340 g/mol. The van der Waals surface area contributed by atoms with Gasteiger partial charge in [-0.3, -0.25) is 0 Å². The molecule has 0 amide bonds. The number of halogens is 2. The van der Waals surface area contributed by atoms with E-state index in [1.54, 1.807) is 0 Å². The van der Waals surface area contributed by atoms with E-state index in [0.29, 0.717) is 12.5 Å². The minimum absolute atomic E-state index is 0.448. The van der Waals surface area contributed by atoms with Crippen LogP contribution in [0.25, 0.3) is 0 Å². The van der Waals surface area contributed by atoms with E-state index >= 15 is 0 Å². The summed E-state index contributed by atoms with van der Waals surface area (Å²) in [5.74, 6) is 1.34. The van der Waals surface area contributed by atoms with Gasteiger partial charge < -0.3 is 4.74 Å². The van der Waals surface area contributed by atoms with Gasteiger partial charge in [-0.25, -0.2) is 0 Å². The maximum absolute atomic E-state index is 5.98. The zero-order valence-corrected chi connectivity index (χ0v) is 13.4. The molecule has 0 aromatic heterocycles. The number of hydrogen-bond acceptors (Lipinski definition) is 1. The van der Waals surface area contributed by atoms with E-state index < -0.39 is 0 Å². The van der Waals surface area contributed by atoms with Gasteiger partial charge in [0.1, 0.15) is 12.4 Å². The molecule has 0 saturated heterocycles. The van der Waals surface area contributed by atoms with Crippen molar-refractivity contribution in [3.63, 3.8) is 0 Å². The van der Waals surface area contributed by atoms with Crippen LogP contribution >= 0.6 is 27.5 Å². The molecule has 19 heavy (non-hydrogen) atoms. The van der Waals surface area contributed by atoms with E-state index in [4.69, 9.17) is 16.3 Å². The first-order chi connectivity index (χ1) is 9.10. The fourth-order valence-electron chi connectivity index (χ4n) is 2.06. The molecule has 0 atom stereocenters. The van der Waals surface area contributed by atoms with Crippen LogP contribution in [-0.4, -0.2) is 0 Å². The van der Waals surface area contributed by atoms with E-state index in [-0.39, 0.29) is 0 Å². The summed E-state index contributed by atoms with van der Waals surface area (Å²) in [6, 6.07) is 12.4. The molecule has 0 radical (unpaired) electrons. The second kappa shape index (κ2) is 6.44. The second-order valence-corrected chi connectivity index (χ2v) is 5.81. The summed E-state index contributed by atoms with van der Waals surface area (Å²) in [7, 11) is 0. The Morgan fingerprint density at radius 3 is 2.63 bits per heavy atom. The molecule has 0 fully saturated rings. The molecule has 2 aromatic rings. The smallest absolute Gasteiger partial charge is 0.127 e. The lowest BCUT2D eigenvalue weighted by Crippen LogP contribution is -2.00. The first-order valence-electron chi connectivity index (χ1n) is 6.13. The summed E-state index contributed by atoms with van der Waals surface area (Å²) >= 11 is 9.46. The molecule has 100 valence electrons. The van der Waals surface area contributed by atoms with E-state index in [1.807, 2.05) is 25.1 Å². The Labute approximate surface area is 127 Å².